The monoisotopic (exact) mass is 411 g/mol. The number of carbonyl (C=O) groups excluding carboxylic acids is 1. The summed E-state index contributed by atoms with van der Waals surface area (Å²) in [4.78, 5) is 12.0. The van der Waals surface area contributed by atoms with Crippen LogP contribution in [-0.4, -0.2) is 19.6 Å². The third-order valence-electron chi connectivity index (χ3n) is 3.74. The van der Waals surface area contributed by atoms with Gasteiger partial charge in [0.1, 0.15) is 11.8 Å². The van der Waals surface area contributed by atoms with Crippen LogP contribution in [-0.2, 0) is 11.3 Å². The van der Waals surface area contributed by atoms with Crippen LogP contribution in [0.2, 0.25) is 5.02 Å². The molecule has 0 aromatic heterocycles. The fourth-order valence-corrected chi connectivity index (χ4v) is 3.08. The number of nitrogens with two attached hydrogens (primary N) is 1. The first-order valence-electron chi connectivity index (χ1n) is 7.67. The SMILES string of the molecule is COc1ccc([C@H](C)[NH2+]CC(=O)NCc2cccc(Cl)c2)cc1Br. The molecule has 2 aromatic rings. The van der Waals surface area contributed by atoms with Crippen LogP contribution in [0.25, 0.3) is 0 Å². The molecule has 6 heteroatoms. The smallest absolute Gasteiger partial charge is 0.275 e. The molecule has 0 aliphatic carbocycles. The Morgan fingerprint density at radius 3 is 2.79 bits per heavy atom. The molecule has 0 spiro atoms. The van der Waals surface area contributed by atoms with Gasteiger partial charge in [-0.05, 0) is 58.7 Å². The van der Waals surface area contributed by atoms with Crippen LogP contribution >= 0.6 is 27.5 Å². The molecule has 0 saturated heterocycles. The maximum absolute atomic E-state index is 12.0. The summed E-state index contributed by atoms with van der Waals surface area (Å²) in [5.41, 5.74) is 2.12. The van der Waals surface area contributed by atoms with E-state index in [0.717, 1.165) is 21.3 Å². The Hall–Kier alpha value is -1.56. The molecule has 0 aliphatic heterocycles. The Bertz CT molecular complexity index is 709. The highest BCUT2D eigenvalue weighted by Crippen LogP contribution is 2.27. The van der Waals surface area contributed by atoms with E-state index in [1.54, 1.807) is 7.11 Å². The highest BCUT2D eigenvalue weighted by molar-refractivity contribution is 9.10. The first-order valence-corrected chi connectivity index (χ1v) is 8.84. The summed E-state index contributed by atoms with van der Waals surface area (Å²) in [6.45, 7) is 2.92. The lowest BCUT2D eigenvalue weighted by atomic mass is 10.1. The maximum Gasteiger partial charge on any atom is 0.275 e. The molecular weight excluding hydrogens is 392 g/mol. The lowest BCUT2D eigenvalue weighted by Crippen LogP contribution is -2.87. The maximum atomic E-state index is 12.0. The minimum absolute atomic E-state index is 0.00518. The molecule has 0 saturated carbocycles. The molecule has 0 aliphatic rings. The minimum Gasteiger partial charge on any atom is -0.496 e. The molecule has 0 radical (unpaired) electrons. The lowest BCUT2D eigenvalue weighted by molar-refractivity contribution is -0.682. The van der Waals surface area contributed by atoms with E-state index in [0.29, 0.717) is 18.1 Å². The number of quaternary nitrogens is 1. The molecule has 4 nitrogen and oxygen atoms in total. The molecule has 128 valence electrons. The van der Waals surface area contributed by atoms with Crippen molar-refractivity contribution in [1.82, 2.24) is 5.32 Å². The third kappa shape index (κ3) is 5.51. The number of halogens is 2. The summed E-state index contributed by atoms with van der Waals surface area (Å²) in [7, 11) is 1.64. The zero-order valence-electron chi connectivity index (χ0n) is 13.7. The van der Waals surface area contributed by atoms with E-state index in [-0.39, 0.29) is 11.9 Å². The van der Waals surface area contributed by atoms with Crippen LogP contribution in [0.15, 0.2) is 46.9 Å². The molecule has 2 aromatic carbocycles. The predicted molar refractivity (Wildman–Crippen MR) is 99.2 cm³/mol. The number of hydrogen-bond donors (Lipinski definition) is 2. The predicted octanol–water partition coefficient (Wildman–Crippen LogP) is 3.05. The van der Waals surface area contributed by atoms with Crippen LogP contribution in [0.3, 0.4) is 0 Å². The minimum atomic E-state index is -0.00518. The van der Waals surface area contributed by atoms with Gasteiger partial charge < -0.3 is 15.4 Å². The molecule has 3 N–H and O–H groups in total. The Kier molecular flexibility index (Phi) is 7.09. The van der Waals surface area contributed by atoms with E-state index in [4.69, 9.17) is 16.3 Å². The van der Waals surface area contributed by atoms with Crippen LogP contribution in [0.1, 0.15) is 24.1 Å². The molecule has 24 heavy (non-hydrogen) atoms. The molecule has 0 heterocycles. The van der Waals surface area contributed by atoms with Gasteiger partial charge in [-0.1, -0.05) is 23.7 Å². The van der Waals surface area contributed by atoms with E-state index in [1.807, 2.05) is 47.8 Å². The van der Waals surface area contributed by atoms with Crippen LogP contribution in [0, 0.1) is 0 Å². The van der Waals surface area contributed by atoms with Crippen molar-refractivity contribution < 1.29 is 14.8 Å². The first kappa shape index (κ1) is 18.8. The molecule has 1 amide bonds. The van der Waals surface area contributed by atoms with Gasteiger partial charge >= 0.3 is 0 Å². The number of ether oxygens (including phenoxy) is 1. The van der Waals surface area contributed by atoms with Crippen molar-refractivity contribution in [3.8, 4) is 5.75 Å². The van der Waals surface area contributed by atoms with E-state index >= 15 is 0 Å². The van der Waals surface area contributed by atoms with Gasteiger partial charge in [-0.15, -0.1) is 0 Å². The van der Waals surface area contributed by atoms with Crippen molar-refractivity contribution in [2.24, 2.45) is 0 Å². The van der Waals surface area contributed by atoms with E-state index in [9.17, 15) is 4.79 Å². The highest BCUT2D eigenvalue weighted by atomic mass is 79.9. The second-order valence-corrected chi connectivity index (χ2v) is 6.82. The summed E-state index contributed by atoms with van der Waals surface area (Å²) in [5.74, 6) is 0.791. The first-order chi connectivity index (χ1) is 11.5. The summed E-state index contributed by atoms with van der Waals surface area (Å²) in [6, 6.07) is 13.6. The van der Waals surface area contributed by atoms with Gasteiger partial charge in [-0.25, -0.2) is 0 Å². The number of hydrogen-bond acceptors (Lipinski definition) is 2. The zero-order valence-corrected chi connectivity index (χ0v) is 16.0. The van der Waals surface area contributed by atoms with Gasteiger partial charge in [0.05, 0.1) is 11.6 Å². The largest absolute Gasteiger partial charge is 0.496 e. The summed E-state index contributed by atoms with van der Waals surface area (Å²) >= 11 is 9.42. The van der Waals surface area contributed by atoms with Gasteiger partial charge in [0.25, 0.3) is 5.91 Å². The quantitative estimate of drug-likeness (QED) is 0.734. The summed E-state index contributed by atoms with van der Waals surface area (Å²) in [6.07, 6.45) is 0. The van der Waals surface area contributed by atoms with Gasteiger partial charge in [0.2, 0.25) is 0 Å². The third-order valence-corrected chi connectivity index (χ3v) is 4.59. The fraction of sp³-hybridized carbons (Fsp3) is 0.278. The molecule has 2 rings (SSSR count). The average molecular weight is 413 g/mol. The zero-order chi connectivity index (χ0) is 17.5. The fourth-order valence-electron chi connectivity index (χ4n) is 2.31. The van der Waals surface area contributed by atoms with Crippen molar-refractivity contribution in [2.75, 3.05) is 13.7 Å². The molecule has 0 bridgehead atoms. The van der Waals surface area contributed by atoms with Crippen molar-refractivity contribution in [2.45, 2.75) is 19.5 Å². The molecular formula is C18H21BrClN2O2+. The summed E-state index contributed by atoms with van der Waals surface area (Å²) in [5, 5.41) is 5.58. The molecule has 0 unspecified atom stereocenters. The topological polar surface area (TPSA) is 54.9 Å². The standard InChI is InChI=1S/C18H20BrClN2O2/c1-12(14-6-7-17(24-2)16(19)9-14)21-11-18(23)22-10-13-4-3-5-15(20)8-13/h3-9,12,21H,10-11H2,1-2H3,(H,22,23)/p+1/t12-/m0/s1. The number of methoxy groups -OCH3 is 1. The van der Waals surface area contributed by atoms with Gasteiger partial charge in [-0.2, -0.15) is 0 Å². The van der Waals surface area contributed by atoms with Crippen LogP contribution in [0.4, 0.5) is 0 Å². The van der Waals surface area contributed by atoms with E-state index < -0.39 is 0 Å². The van der Waals surface area contributed by atoms with Crippen LogP contribution in [0.5, 0.6) is 5.75 Å². The molecule has 0 fully saturated rings. The van der Waals surface area contributed by atoms with Gasteiger partial charge in [0, 0.05) is 17.1 Å². The average Bonchev–Trinajstić information content (AvgIpc) is 2.57. The van der Waals surface area contributed by atoms with Crippen molar-refractivity contribution in [1.29, 1.82) is 0 Å². The van der Waals surface area contributed by atoms with Gasteiger partial charge in [0.15, 0.2) is 6.54 Å². The van der Waals surface area contributed by atoms with Gasteiger partial charge in [-0.3, -0.25) is 4.79 Å². The number of rotatable bonds is 7. The molecule has 1 atom stereocenters. The number of amides is 1. The van der Waals surface area contributed by atoms with Crippen molar-refractivity contribution in [3.63, 3.8) is 0 Å². The number of benzene rings is 2. The second-order valence-electron chi connectivity index (χ2n) is 5.53. The number of carbonyl (C=O) groups is 1. The van der Waals surface area contributed by atoms with Crippen molar-refractivity contribution >= 4 is 33.4 Å². The number of nitrogens with one attached hydrogen (secondary N) is 1. The summed E-state index contributed by atoms with van der Waals surface area (Å²) < 4.78 is 6.14. The Labute approximate surface area is 155 Å². The lowest BCUT2D eigenvalue weighted by Gasteiger charge is -2.13. The normalized spacial score (nSPS) is 11.8. The van der Waals surface area contributed by atoms with Crippen molar-refractivity contribution in [3.05, 3.63) is 63.1 Å². The highest BCUT2D eigenvalue weighted by Gasteiger charge is 2.13. The Morgan fingerprint density at radius 2 is 2.12 bits per heavy atom. The Balaban J connectivity index is 1.81. The second kappa shape index (κ2) is 9.06. The van der Waals surface area contributed by atoms with E-state index in [2.05, 4.69) is 28.2 Å². The van der Waals surface area contributed by atoms with Crippen LogP contribution < -0.4 is 15.4 Å². The Morgan fingerprint density at radius 1 is 1.33 bits per heavy atom. The van der Waals surface area contributed by atoms with E-state index in [1.165, 1.54) is 0 Å².